The Labute approximate surface area is 165 Å². The summed E-state index contributed by atoms with van der Waals surface area (Å²) in [4.78, 5) is 13.3. The maximum absolute atomic E-state index is 12.8. The van der Waals surface area contributed by atoms with Crippen LogP contribution < -0.4 is 5.32 Å². The molecule has 0 aliphatic rings. The van der Waals surface area contributed by atoms with Crippen LogP contribution >= 0.6 is 0 Å². The highest BCUT2D eigenvalue weighted by molar-refractivity contribution is 5.76. The third-order valence-electron chi connectivity index (χ3n) is 4.45. The molecule has 0 spiro atoms. The zero-order valence-corrected chi connectivity index (χ0v) is 15.9. The van der Waals surface area contributed by atoms with E-state index in [2.05, 4.69) is 27.7 Å². The smallest absolute Gasteiger partial charge is 0.348 e. The first kappa shape index (κ1) is 20.5. The van der Waals surface area contributed by atoms with Crippen molar-refractivity contribution in [3.8, 4) is 11.4 Å². The largest absolute Gasteiger partial charge is 0.416 e. The van der Waals surface area contributed by atoms with Gasteiger partial charge in [0, 0.05) is 5.56 Å². The molecule has 1 heterocycles. The topological polar surface area (TPSA) is 72.7 Å². The monoisotopic (exact) mass is 403 g/mol. The van der Waals surface area contributed by atoms with E-state index in [1.807, 2.05) is 31.2 Å². The third-order valence-corrected chi connectivity index (χ3v) is 4.45. The van der Waals surface area contributed by atoms with E-state index < -0.39 is 11.7 Å². The van der Waals surface area contributed by atoms with Crippen molar-refractivity contribution in [2.24, 2.45) is 0 Å². The van der Waals surface area contributed by atoms with Crippen LogP contribution in [0.15, 0.2) is 48.5 Å². The Kier molecular flexibility index (Phi) is 5.95. The Morgan fingerprint density at radius 1 is 1.17 bits per heavy atom. The summed E-state index contributed by atoms with van der Waals surface area (Å²) < 4.78 is 38.5. The van der Waals surface area contributed by atoms with Crippen LogP contribution in [0.3, 0.4) is 0 Å². The average molecular weight is 403 g/mol. The number of aromatic nitrogens is 4. The number of rotatable bonds is 6. The molecule has 3 aromatic rings. The Bertz CT molecular complexity index is 982. The first-order valence-corrected chi connectivity index (χ1v) is 9.10. The van der Waals surface area contributed by atoms with E-state index in [0.717, 1.165) is 28.9 Å². The van der Waals surface area contributed by atoms with Crippen molar-refractivity contribution < 1.29 is 18.0 Å². The molecule has 3 rings (SSSR count). The molecule has 1 N–H and O–H groups in total. The molecule has 0 saturated heterocycles. The van der Waals surface area contributed by atoms with Crippen molar-refractivity contribution in [2.45, 2.75) is 39.0 Å². The zero-order chi connectivity index (χ0) is 21.0. The highest BCUT2D eigenvalue weighted by atomic mass is 19.4. The highest BCUT2D eigenvalue weighted by Crippen LogP contribution is 2.31. The quantitative estimate of drug-likeness (QED) is 0.680. The van der Waals surface area contributed by atoms with Gasteiger partial charge in [-0.15, -0.1) is 10.2 Å². The summed E-state index contributed by atoms with van der Waals surface area (Å²) in [5, 5.41) is 14.4. The molecule has 0 bridgehead atoms. The van der Waals surface area contributed by atoms with Gasteiger partial charge in [0.15, 0.2) is 0 Å². The maximum Gasteiger partial charge on any atom is 0.416 e. The summed E-state index contributed by atoms with van der Waals surface area (Å²) in [7, 11) is 0. The van der Waals surface area contributed by atoms with Crippen molar-refractivity contribution >= 4 is 5.91 Å². The van der Waals surface area contributed by atoms with Gasteiger partial charge < -0.3 is 5.32 Å². The van der Waals surface area contributed by atoms with Crippen LogP contribution in [0, 0.1) is 0 Å². The van der Waals surface area contributed by atoms with Crippen LogP contribution in [0.5, 0.6) is 0 Å². The molecular weight excluding hydrogens is 383 g/mol. The summed E-state index contributed by atoms with van der Waals surface area (Å²) in [6.45, 7) is 3.74. The van der Waals surface area contributed by atoms with Gasteiger partial charge in [0.1, 0.15) is 6.54 Å². The lowest BCUT2D eigenvalue weighted by molar-refractivity contribution is -0.137. The third kappa shape index (κ3) is 5.18. The maximum atomic E-state index is 12.8. The Morgan fingerprint density at radius 2 is 1.90 bits per heavy atom. The number of aryl methyl sites for hydroxylation is 1. The molecule has 29 heavy (non-hydrogen) atoms. The second kappa shape index (κ2) is 8.42. The van der Waals surface area contributed by atoms with Gasteiger partial charge in [0.05, 0.1) is 11.6 Å². The minimum absolute atomic E-state index is 0.0205. The van der Waals surface area contributed by atoms with Crippen molar-refractivity contribution in [2.75, 3.05) is 0 Å². The molecule has 6 nitrogen and oxygen atoms in total. The van der Waals surface area contributed by atoms with Gasteiger partial charge in [-0.1, -0.05) is 43.3 Å². The van der Waals surface area contributed by atoms with Crippen LogP contribution in [0.4, 0.5) is 13.2 Å². The SMILES string of the molecule is CCc1ccc([C@H](C)NC(=O)Cn2nnc(-c3cccc(C(F)(F)F)c3)n2)cc1. The molecule has 1 amide bonds. The number of benzene rings is 2. The number of alkyl halides is 3. The number of nitrogens with zero attached hydrogens (tertiary/aromatic N) is 4. The minimum Gasteiger partial charge on any atom is -0.348 e. The summed E-state index contributed by atoms with van der Waals surface area (Å²) >= 11 is 0. The fraction of sp³-hybridized carbons (Fsp3) is 0.300. The summed E-state index contributed by atoms with van der Waals surface area (Å²) in [5.74, 6) is -0.308. The fourth-order valence-corrected chi connectivity index (χ4v) is 2.80. The number of nitrogens with one attached hydrogen (secondary N) is 1. The summed E-state index contributed by atoms with van der Waals surface area (Å²) in [5.41, 5.74) is 1.55. The van der Waals surface area contributed by atoms with E-state index in [0.29, 0.717) is 0 Å². The van der Waals surface area contributed by atoms with Gasteiger partial charge in [0.25, 0.3) is 0 Å². The van der Waals surface area contributed by atoms with Crippen molar-refractivity contribution in [1.82, 2.24) is 25.5 Å². The second-order valence-electron chi connectivity index (χ2n) is 6.61. The molecule has 2 aromatic carbocycles. The molecule has 1 aromatic heterocycles. The predicted octanol–water partition coefficient (Wildman–Crippen LogP) is 3.80. The number of hydrogen-bond donors (Lipinski definition) is 1. The van der Waals surface area contributed by atoms with E-state index >= 15 is 0 Å². The second-order valence-corrected chi connectivity index (χ2v) is 6.61. The minimum atomic E-state index is -4.46. The molecule has 0 fully saturated rings. The number of amides is 1. The van der Waals surface area contributed by atoms with Crippen molar-refractivity contribution in [3.63, 3.8) is 0 Å². The van der Waals surface area contributed by atoms with E-state index in [4.69, 9.17) is 0 Å². The van der Waals surface area contributed by atoms with Gasteiger partial charge in [-0.25, -0.2) is 0 Å². The summed E-state index contributed by atoms with van der Waals surface area (Å²) in [6, 6.07) is 12.4. The average Bonchev–Trinajstić information content (AvgIpc) is 3.15. The molecule has 1 atom stereocenters. The number of carbonyl (C=O) groups excluding carboxylic acids is 1. The molecular formula is C20H20F3N5O. The van der Waals surface area contributed by atoms with Crippen LogP contribution in [-0.2, 0) is 23.9 Å². The fourth-order valence-electron chi connectivity index (χ4n) is 2.80. The predicted molar refractivity (Wildman–Crippen MR) is 101 cm³/mol. The lowest BCUT2D eigenvalue weighted by Crippen LogP contribution is -2.30. The Balaban J connectivity index is 1.64. The first-order chi connectivity index (χ1) is 13.8. The molecule has 9 heteroatoms. The van der Waals surface area contributed by atoms with Crippen molar-refractivity contribution in [1.29, 1.82) is 0 Å². The standard InChI is InChI=1S/C20H20F3N5O/c1-3-14-7-9-15(10-8-14)13(2)24-18(29)12-28-26-19(25-27-28)16-5-4-6-17(11-16)20(21,22)23/h4-11,13H,3,12H2,1-2H3,(H,24,29)/t13-/m0/s1. The Morgan fingerprint density at radius 3 is 2.55 bits per heavy atom. The van der Waals surface area contributed by atoms with Crippen LogP contribution in [0.2, 0.25) is 0 Å². The van der Waals surface area contributed by atoms with E-state index in [1.54, 1.807) is 0 Å². The van der Waals surface area contributed by atoms with E-state index in [-0.39, 0.29) is 29.9 Å². The van der Waals surface area contributed by atoms with Gasteiger partial charge >= 0.3 is 6.18 Å². The molecule has 0 unspecified atom stereocenters. The molecule has 152 valence electrons. The molecule has 0 radical (unpaired) electrons. The normalized spacial score (nSPS) is 12.6. The summed E-state index contributed by atoms with van der Waals surface area (Å²) in [6.07, 6.45) is -3.52. The zero-order valence-electron chi connectivity index (χ0n) is 15.9. The lowest BCUT2D eigenvalue weighted by Gasteiger charge is -2.14. The van der Waals surface area contributed by atoms with Crippen LogP contribution in [-0.4, -0.2) is 26.1 Å². The number of hydrogen-bond acceptors (Lipinski definition) is 4. The van der Waals surface area contributed by atoms with Crippen LogP contribution in [0.1, 0.15) is 36.6 Å². The van der Waals surface area contributed by atoms with Gasteiger partial charge in [-0.05, 0) is 41.8 Å². The number of carbonyl (C=O) groups is 1. The van der Waals surface area contributed by atoms with E-state index in [9.17, 15) is 18.0 Å². The van der Waals surface area contributed by atoms with Gasteiger partial charge in [-0.3, -0.25) is 4.79 Å². The van der Waals surface area contributed by atoms with Gasteiger partial charge in [0.2, 0.25) is 11.7 Å². The van der Waals surface area contributed by atoms with E-state index in [1.165, 1.54) is 17.7 Å². The number of tetrazole rings is 1. The number of halogens is 3. The molecule has 0 aliphatic carbocycles. The molecule has 0 saturated carbocycles. The van der Waals surface area contributed by atoms with Gasteiger partial charge in [-0.2, -0.15) is 18.0 Å². The Hall–Kier alpha value is -3.23. The lowest BCUT2D eigenvalue weighted by atomic mass is 10.1. The first-order valence-electron chi connectivity index (χ1n) is 9.10. The van der Waals surface area contributed by atoms with Crippen LogP contribution in [0.25, 0.3) is 11.4 Å². The highest BCUT2D eigenvalue weighted by Gasteiger charge is 2.30. The molecule has 0 aliphatic heterocycles. The van der Waals surface area contributed by atoms with Crippen molar-refractivity contribution in [3.05, 3.63) is 65.2 Å².